The van der Waals surface area contributed by atoms with Crippen LogP contribution in [0.25, 0.3) is 5.13 Å². The first kappa shape index (κ1) is 12.2. The van der Waals surface area contributed by atoms with Gasteiger partial charge in [0.15, 0.2) is 0 Å². The quantitative estimate of drug-likeness (QED) is 0.924. The standard InChI is InChI=1S/C12H14N4O2S/c17-10(18)9-4-3-7-16(8-9)12-14-13-11(19-12)15-5-1-2-6-15/h1-2,5-6,9H,3-4,7-8H2,(H,17,18). The van der Waals surface area contributed by atoms with Crippen LogP contribution in [-0.4, -0.2) is 38.9 Å². The van der Waals surface area contributed by atoms with E-state index >= 15 is 0 Å². The van der Waals surface area contributed by atoms with Gasteiger partial charge in [0.25, 0.3) is 0 Å². The summed E-state index contributed by atoms with van der Waals surface area (Å²) in [4.78, 5) is 13.1. The maximum absolute atomic E-state index is 11.1. The van der Waals surface area contributed by atoms with Crippen molar-refractivity contribution >= 4 is 22.4 Å². The Morgan fingerprint density at radius 1 is 1.32 bits per heavy atom. The van der Waals surface area contributed by atoms with E-state index in [1.807, 2.05) is 34.0 Å². The summed E-state index contributed by atoms with van der Waals surface area (Å²) in [5.41, 5.74) is 0. The Kier molecular flexibility index (Phi) is 3.20. The lowest BCUT2D eigenvalue weighted by Gasteiger charge is -2.29. The Hall–Kier alpha value is -1.89. The molecule has 6 nitrogen and oxygen atoms in total. The lowest BCUT2D eigenvalue weighted by molar-refractivity contribution is -0.141. The zero-order valence-corrected chi connectivity index (χ0v) is 11.1. The first-order chi connectivity index (χ1) is 9.24. The van der Waals surface area contributed by atoms with E-state index in [4.69, 9.17) is 5.11 Å². The second kappa shape index (κ2) is 5.00. The fraction of sp³-hybridized carbons (Fsp3) is 0.417. The van der Waals surface area contributed by atoms with Gasteiger partial charge in [-0.1, -0.05) is 11.3 Å². The van der Waals surface area contributed by atoms with Crippen molar-refractivity contribution in [1.29, 1.82) is 0 Å². The summed E-state index contributed by atoms with van der Waals surface area (Å²) in [6.07, 6.45) is 5.46. The first-order valence-corrected chi connectivity index (χ1v) is 7.00. The summed E-state index contributed by atoms with van der Waals surface area (Å²) in [5.74, 6) is -1.02. The van der Waals surface area contributed by atoms with E-state index in [0.29, 0.717) is 6.54 Å². The Morgan fingerprint density at radius 2 is 2.05 bits per heavy atom. The molecule has 1 atom stereocenters. The zero-order valence-electron chi connectivity index (χ0n) is 10.3. The molecule has 2 aromatic heterocycles. The van der Waals surface area contributed by atoms with Gasteiger partial charge in [-0.05, 0) is 25.0 Å². The number of carboxylic acid groups (broad SMARTS) is 1. The SMILES string of the molecule is O=C(O)C1CCCN(c2nnc(-n3cccc3)s2)C1. The van der Waals surface area contributed by atoms with Crippen LogP contribution < -0.4 is 4.90 Å². The fourth-order valence-corrected chi connectivity index (χ4v) is 3.10. The summed E-state index contributed by atoms with van der Waals surface area (Å²) >= 11 is 1.48. The van der Waals surface area contributed by atoms with E-state index in [2.05, 4.69) is 10.2 Å². The van der Waals surface area contributed by atoms with Gasteiger partial charge < -0.3 is 10.0 Å². The van der Waals surface area contributed by atoms with Crippen LogP contribution in [0.2, 0.25) is 0 Å². The van der Waals surface area contributed by atoms with Crippen LogP contribution in [-0.2, 0) is 4.79 Å². The van der Waals surface area contributed by atoms with Crippen LogP contribution in [0.3, 0.4) is 0 Å². The van der Waals surface area contributed by atoms with Gasteiger partial charge in [-0.25, -0.2) is 0 Å². The molecule has 19 heavy (non-hydrogen) atoms. The second-order valence-corrected chi connectivity index (χ2v) is 5.52. The van der Waals surface area contributed by atoms with Crippen LogP contribution in [0.5, 0.6) is 0 Å². The molecular formula is C12H14N4O2S. The minimum atomic E-state index is -0.722. The van der Waals surface area contributed by atoms with Gasteiger partial charge in [0.1, 0.15) is 0 Å². The average molecular weight is 278 g/mol. The van der Waals surface area contributed by atoms with Gasteiger partial charge in [-0.15, -0.1) is 10.2 Å². The second-order valence-electron chi connectivity index (χ2n) is 4.58. The smallest absolute Gasteiger partial charge is 0.308 e. The molecule has 0 aliphatic carbocycles. The van der Waals surface area contributed by atoms with Gasteiger partial charge in [-0.2, -0.15) is 0 Å². The molecule has 3 heterocycles. The number of aliphatic carboxylic acids is 1. The Bertz CT molecular complexity index is 566. The summed E-state index contributed by atoms with van der Waals surface area (Å²) < 4.78 is 1.90. The van der Waals surface area contributed by atoms with Crippen LogP contribution in [0.15, 0.2) is 24.5 Å². The number of hydrogen-bond donors (Lipinski definition) is 1. The highest BCUT2D eigenvalue weighted by atomic mass is 32.1. The summed E-state index contributed by atoms with van der Waals surface area (Å²) in [5, 5.41) is 19.0. The number of piperidine rings is 1. The molecule has 0 saturated carbocycles. The maximum atomic E-state index is 11.1. The number of aromatic nitrogens is 3. The molecule has 3 rings (SSSR count). The maximum Gasteiger partial charge on any atom is 0.308 e. The molecule has 1 aliphatic rings. The third-order valence-corrected chi connectivity index (χ3v) is 4.27. The van der Waals surface area contributed by atoms with Crippen molar-refractivity contribution in [2.75, 3.05) is 18.0 Å². The van der Waals surface area contributed by atoms with Gasteiger partial charge in [0.2, 0.25) is 10.3 Å². The molecule has 7 heteroatoms. The molecule has 2 aromatic rings. The topological polar surface area (TPSA) is 71.2 Å². The Morgan fingerprint density at radius 3 is 2.79 bits per heavy atom. The lowest BCUT2D eigenvalue weighted by atomic mass is 9.99. The van der Waals surface area contributed by atoms with Crippen molar-refractivity contribution in [3.05, 3.63) is 24.5 Å². The van der Waals surface area contributed by atoms with Crippen molar-refractivity contribution in [2.24, 2.45) is 5.92 Å². The molecule has 1 aliphatic heterocycles. The number of rotatable bonds is 3. The molecule has 1 unspecified atom stereocenters. The highest BCUT2D eigenvalue weighted by Crippen LogP contribution is 2.27. The molecular weight excluding hydrogens is 264 g/mol. The summed E-state index contributed by atoms with van der Waals surface area (Å²) in [6, 6.07) is 3.87. The van der Waals surface area contributed by atoms with E-state index in [-0.39, 0.29) is 5.92 Å². The predicted molar refractivity (Wildman–Crippen MR) is 71.8 cm³/mol. The lowest BCUT2D eigenvalue weighted by Crippen LogP contribution is -2.38. The van der Waals surface area contributed by atoms with Crippen molar-refractivity contribution < 1.29 is 9.90 Å². The van der Waals surface area contributed by atoms with E-state index in [1.165, 1.54) is 11.3 Å². The van der Waals surface area contributed by atoms with Crippen LogP contribution in [0, 0.1) is 5.92 Å². The highest BCUT2D eigenvalue weighted by molar-refractivity contribution is 7.17. The van der Waals surface area contributed by atoms with Gasteiger partial charge in [0, 0.05) is 25.5 Å². The van der Waals surface area contributed by atoms with Gasteiger partial charge in [0.05, 0.1) is 5.92 Å². The fourth-order valence-electron chi connectivity index (χ4n) is 2.25. The van der Waals surface area contributed by atoms with E-state index in [1.54, 1.807) is 0 Å². The molecule has 100 valence electrons. The van der Waals surface area contributed by atoms with E-state index in [0.717, 1.165) is 29.6 Å². The summed E-state index contributed by atoms with van der Waals surface area (Å²) in [7, 11) is 0. The normalized spacial score (nSPS) is 19.6. The van der Waals surface area contributed by atoms with Crippen molar-refractivity contribution in [3.63, 3.8) is 0 Å². The molecule has 0 radical (unpaired) electrons. The minimum absolute atomic E-state index is 0.298. The van der Waals surface area contributed by atoms with Crippen LogP contribution >= 0.6 is 11.3 Å². The minimum Gasteiger partial charge on any atom is -0.481 e. The summed E-state index contributed by atoms with van der Waals surface area (Å²) in [6.45, 7) is 1.37. The Labute approximate surface area is 114 Å². The van der Waals surface area contributed by atoms with Crippen molar-refractivity contribution in [1.82, 2.24) is 14.8 Å². The van der Waals surface area contributed by atoms with Crippen molar-refractivity contribution in [3.8, 4) is 5.13 Å². The van der Waals surface area contributed by atoms with E-state index in [9.17, 15) is 4.79 Å². The predicted octanol–water partition coefficient (Wildman–Crippen LogP) is 1.63. The first-order valence-electron chi connectivity index (χ1n) is 6.18. The van der Waals surface area contributed by atoms with Gasteiger partial charge in [-0.3, -0.25) is 9.36 Å². The van der Waals surface area contributed by atoms with Crippen LogP contribution in [0.1, 0.15) is 12.8 Å². The third kappa shape index (κ3) is 2.46. The van der Waals surface area contributed by atoms with Gasteiger partial charge >= 0.3 is 5.97 Å². The number of carbonyl (C=O) groups is 1. The van der Waals surface area contributed by atoms with Crippen molar-refractivity contribution in [2.45, 2.75) is 12.8 Å². The molecule has 1 fully saturated rings. The third-order valence-electron chi connectivity index (χ3n) is 3.27. The molecule has 1 N–H and O–H groups in total. The number of anilines is 1. The number of carboxylic acids is 1. The highest BCUT2D eigenvalue weighted by Gasteiger charge is 2.27. The molecule has 1 saturated heterocycles. The zero-order chi connectivity index (χ0) is 13.2. The van der Waals surface area contributed by atoms with Crippen LogP contribution in [0.4, 0.5) is 5.13 Å². The largest absolute Gasteiger partial charge is 0.481 e. The molecule has 0 bridgehead atoms. The number of nitrogens with zero attached hydrogens (tertiary/aromatic N) is 4. The van der Waals surface area contributed by atoms with E-state index < -0.39 is 5.97 Å². The molecule has 0 aromatic carbocycles. The Balaban J connectivity index is 1.77. The molecule has 0 amide bonds. The number of hydrogen-bond acceptors (Lipinski definition) is 5. The monoisotopic (exact) mass is 278 g/mol. The average Bonchev–Trinajstić information content (AvgIpc) is 3.09. The molecule has 0 spiro atoms.